The SMILES string of the molecule is N.NCCCNCCS(=O)(=O)O. The van der Waals surface area contributed by atoms with E-state index in [4.69, 9.17) is 10.3 Å². The van der Waals surface area contributed by atoms with Crippen molar-refractivity contribution >= 4 is 10.1 Å². The molecule has 0 aromatic rings. The highest BCUT2D eigenvalue weighted by Gasteiger charge is 2.01. The average Bonchev–Trinajstić information content (AvgIpc) is 1.85. The molecule has 0 saturated carbocycles. The molecule has 12 heavy (non-hydrogen) atoms. The van der Waals surface area contributed by atoms with Crippen LogP contribution in [0.3, 0.4) is 0 Å². The van der Waals surface area contributed by atoms with E-state index in [2.05, 4.69) is 5.32 Å². The maximum atomic E-state index is 10.2. The standard InChI is InChI=1S/C5H14N2O3S.H3N/c6-2-1-3-7-4-5-11(8,9)10;/h7H,1-6H2,(H,8,9,10);1H3. The average molecular weight is 199 g/mol. The number of rotatable bonds is 6. The highest BCUT2D eigenvalue weighted by atomic mass is 32.2. The molecule has 0 radical (unpaired) electrons. The van der Waals surface area contributed by atoms with Crippen molar-refractivity contribution in [3.05, 3.63) is 0 Å². The molecule has 0 aromatic heterocycles. The van der Waals surface area contributed by atoms with Crippen LogP contribution >= 0.6 is 0 Å². The summed E-state index contributed by atoms with van der Waals surface area (Å²) in [6.45, 7) is 1.55. The lowest BCUT2D eigenvalue weighted by atomic mass is 10.4. The van der Waals surface area contributed by atoms with Gasteiger partial charge in [-0.25, -0.2) is 0 Å². The van der Waals surface area contributed by atoms with Gasteiger partial charge < -0.3 is 17.2 Å². The minimum Gasteiger partial charge on any atom is -0.344 e. The highest BCUT2D eigenvalue weighted by molar-refractivity contribution is 7.85. The van der Waals surface area contributed by atoms with Gasteiger partial charge in [0.15, 0.2) is 0 Å². The second-order valence-electron chi connectivity index (χ2n) is 2.18. The summed E-state index contributed by atoms with van der Waals surface area (Å²) in [5.74, 6) is -0.239. The van der Waals surface area contributed by atoms with Crippen LogP contribution in [0.5, 0.6) is 0 Å². The van der Waals surface area contributed by atoms with Crippen LogP contribution in [-0.4, -0.2) is 38.4 Å². The van der Waals surface area contributed by atoms with Crippen molar-refractivity contribution in [1.82, 2.24) is 11.5 Å². The Morgan fingerprint density at radius 2 is 1.92 bits per heavy atom. The third-order valence-corrected chi connectivity index (χ3v) is 1.81. The lowest BCUT2D eigenvalue weighted by Gasteiger charge is -2.00. The Kier molecular flexibility index (Phi) is 8.88. The molecular weight excluding hydrogens is 182 g/mol. The van der Waals surface area contributed by atoms with Crippen molar-refractivity contribution in [3.8, 4) is 0 Å². The van der Waals surface area contributed by atoms with E-state index in [-0.39, 0.29) is 18.4 Å². The normalized spacial score (nSPS) is 10.8. The van der Waals surface area contributed by atoms with Crippen molar-refractivity contribution in [1.29, 1.82) is 0 Å². The minimum absolute atomic E-state index is 0. The maximum Gasteiger partial charge on any atom is 0.266 e. The van der Waals surface area contributed by atoms with Crippen molar-refractivity contribution in [3.63, 3.8) is 0 Å². The molecule has 0 unspecified atom stereocenters. The Morgan fingerprint density at radius 3 is 2.33 bits per heavy atom. The topological polar surface area (TPSA) is 127 Å². The van der Waals surface area contributed by atoms with Gasteiger partial charge in [-0.2, -0.15) is 8.42 Å². The predicted molar refractivity (Wildman–Crippen MR) is 48.0 cm³/mol. The van der Waals surface area contributed by atoms with Crippen LogP contribution in [0.15, 0.2) is 0 Å². The summed E-state index contributed by atoms with van der Waals surface area (Å²) in [6, 6.07) is 0. The molecule has 0 heterocycles. The molecule has 0 aromatic carbocycles. The zero-order valence-electron chi connectivity index (χ0n) is 6.99. The molecule has 0 fully saturated rings. The monoisotopic (exact) mass is 199 g/mol. The third kappa shape index (κ3) is 12.5. The Bertz CT molecular complexity index is 180. The molecule has 0 atom stereocenters. The fourth-order valence-electron chi connectivity index (χ4n) is 0.553. The largest absolute Gasteiger partial charge is 0.344 e. The zero-order chi connectivity index (χ0) is 8.74. The fraction of sp³-hybridized carbons (Fsp3) is 1.00. The lowest BCUT2D eigenvalue weighted by molar-refractivity contribution is 0.480. The molecule has 0 rings (SSSR count). The van der Waals surface area contributed by atoms with Crippen molar-refractivity contribution in [2.45, 2.75) is 6.42 Å². The quantitative estimate of drug-likeness (QED) is 0.320. The van der Waals surface area contributed by atoms with E-state index in [1.807, 2.05) is 0 Å². The van der Waals surface area contributed by atoms with Crippen LogP contribution in [0.2, 0.25) is 0 Å². The van der Waals surface area contributed by atoms with Crippen LogP contribution in [0.4, 0.5) is 0 Å². The first-order valence-corrected chi connectivity index (χ1v) is 5.03. The second kappa shape index (κ2) is 7.44. The number of nitrogens with one attached hydrogen (secondary N) is 1. The van der Waals surface area contributed by atoms with Gasteiger partial charge in [0.1, 0.15) is 0 Å². The van der Waals surface area contributed by atoms with Gasteiger partial charge in [0.2, 0.25) is 0 Å². The summed E-state index contributed by atoms with van der Waals surface area (Å²) in [5.41, 5.74) is 5.19. The molecule has 0 amide bonds. The van der Waals surface area contributed by atoms with Crippen molar-refractivity contribution in [2.24, 2.45) is 5.73 Å². The van der Waals surface area contributed by atoms with Gasteiger partial charge in [0.25, 0.3) is 10.1 Å². The molecule has 0 spiro atoms. The van der Waals surface area contributed by atoms with E-state index in [1.54, 1.807) is 0 Å². The first-order chi connectivity index (χ1) is 5.06. The summed E-state index contributed by atoms with van der Waals surface area (Å²) in [7, 11) is -3.81. The molecule has 0 aliphatic rings. The minimum atomic E-state index is -3.81. The Labute approximate surface area is 72.9 Å². The van der Waals surface area contributed by atoms with Crippen molar-refractivity contribution in [2.75, 3.05) is 25.4 Å². The summed E-state index contributed by atoms with van der Waals surface area (Å²) in [5, 5.41) is 2.82. The van der Waals surface area contributed by atoms with E-state index in [0.717, 1.165) is 6.42 Å². The second-order valence-corrected chi connectivity index (χ2v) is 3.75. The van der Waals surface area contributed by atoms with Crippen molar-refractivity contribution < 1.29 is 13.0 Å². The summed E-state index contributed by atoms with van der Waals surface area (Å²) < 4.78 is 28.6. The van der Waals surface area contributed by atoms with E-state index in [1.165, 1.54) is 0 Å². The van der Waals surface area contributed by atoms with E-state index >= 15 is 0 Å². The summed E-state index contributed by atoms with van der Waals surface area (Å²) in [6.07, 6.45) is 0.811. The maximum absolute atomic E-state index is 10.2. The number of hydrogen-bond donors (Lipinski definition) is 4. The number of hydrogen-bond acceptors (Lipinski definition) is 5. The predicted octanol–water partition coefficient (Wildman–Crippen LogP) is -1.03. The third-order valence-electron chi connectivity index (χ3n) is 1.09. The first-order valence-electron chi connectivity index (χ1n) is 3.42. The molecule has 0 aliphatic heterocycles. The highest BCUT2D eigenvalue weighted by Crippen LogP contribution is 1.78. The van der Waals surface area contributed by atoms with E-state index in [9.17, 15) is 8.42 Å². The summed E-state index contributed by atoms with van der Waals surface area (Å²) >= 11 is 0. The molecular formula is C5H17N3O3S. The zero-order valence-corrected chi connectivity index (χ0v) is 7.81. The lowest BCUT2D eigenvalue weighted by Crippen LogP contribution is -2.24. The van der Waals surface area contributed by atoms with Crippen LogP contribution in [0.1, 0.15) is 6.42 Å². The Morgan fingerprint density at radius 1 is 1.33 bits per heavy atom. The molecule has 0 bridgehead atoms. The van der Waals surface area contributed by atoms with Gasteiger partial charge in [0.05, 0.1) is 5.75 Å². The van der Waals surface area contributed by atoms with Crippen LogP contribution < -0.4 is 17.2 Å². The molecule has 0 aliphatic carbocycles. The van der Waals surface area contributed by atoms with Gasteiger partial charge in [-0.05, 0) is 19.5 Å². The van der Waals surface area contributed by atoms with Gasteiger partial charge in [0, 0.05) is 6.54 Å². The molecule has 7 heteroatoms. The molecule has 0 saturated heterocycles. The fourth-order valence-corrected chi connectivity index (χ4v) is 0.955. The van der Waals surface area contributed by atoms with E-state index in [0.29, 0.717) is 13.1 Å². The van der Waals surface area contributed by atoms with E-state index < -0.39 is 10.1 Å². The van der Waals surface area contributed by atoms with Crippen LogP contribution in [-0.2, 0) is 10.1 Å². The van der Waals surface area contributed by atoms with Crippen LogP contribution in [0.25, 0.3) is 0 Å². The smallest absolute Gasteiger partial charge is 0.266 e. The molecule has 76 valence electrons. The van der Waals surface area contributed by atoms with Gasteiger partial charge >= 0.3 is 0 Å². The first kappa shape index (κ1) is 14.3. The van der Waals surface area contributed by atoms with Gasteiger partial charge in [-0.3, -0.25) is 4.55 Å². The molecule has 6 nitrogen and oxygen atoms in total. The number of nitrogens with two attached hydrogens (primary N) is 1. The van der Waals surface area contributed by atoms with Gasteiger partial charge in [-0.15, -0.1) is 0 Å². The summed E-state index contributed by atoms with van der Waals surface area (Å²) in [4.78, 5) is 0. The Balaban J connectivity index is 0. The van der Waals surface area contributed by atoms with Gasteiger partial charge in [-0.1, -0.05) is 0 Å². The van der Waals surface area contributed by atoms with Crippen LogP contribution in [0, 0.1) is 0 Å². The molecule has 7 N–H and O–H groups in total. The Hall–Kier alpha value is -0.210.